The SMILES string of the molecule is CCN=CC(=C(N)C(C)C)C(O)/C(=C/NC)C(=N)Br. The zero-order valence-electron chi connectivity index (χ0n) is 11.9. The first kappa shape index (κ1) is 17.9. The molecule has 108 valence electrons. The molecule has 0 rings (SSSR count). The van der Waals surface area contributed by atoms with Gasteiger partial charge < -0.3 is 16.2 Å². The van der Waals surface area contributed by atoms with Gasteiger partial charge in [-0.2, -0.15) is 0 Å². The summed E-state index contributed by atoms with van der Waals surface area (Å²) in [5.74, 6) is 0.0910. The van der Waals surface area contributed by atoms with Gasteiger partial charge in [0.15, 0.2) is 0 Å². The molecule has 0 aromatic carbocycles. The fourth-order valence-corrected chi connectivity index (χ4v) is 1.74. The van der Waals surface area contributed by atoms with Crippen LogP contribution in [0.15, 0.2) is 28.0 Å². The number of hydrogen-bond acceptors (Lipinski definition) is 5. The molecule has 0 saturated heterocycles. The second-order valence-electron chi connectivity index (χ2n) is 4.30. The highest BCUT2D eigenvalue weighted by Crippen LogP contribution is 2.19. The zero-order valence-corrected chi connectivity index (χ0v) is 13.5. The van der Waals surface area contributed by atoms with Gasteiger partial charge in [-0.1, -0.05) is 13.8 Å². The maximum atomic E-state index is 10.4. The molecule has 0 bridgehead atoms. The molecular formula is C13H23BrN4O. The van der Waals surface area contributed by atoms with Crippen molar-refractivity contribution in [3.05, 3.63) is 23.0 Å². The molecule has 0 fully saturated rings. The summed E-state index contributed by atoms with van der Waals surface area (Å²) in [5, 5.41) is 20.9. The van der Waals surface area contributed by atoms with Gasteiger partial charge in [-0.3, -0.25) is 10.4 Å². The molecule has 1 atom stereocenters. The monoisotopic (exact) mass is 330 g/mol. The van der Waals surface area contributed by atoms with Crippen LogP contribution in [0, 0.1) is 11.3 Å². The fraction of sp³-hybridized carbons (Fsp3) is 0.538. The summed E-state index contributed by atoms with van der Waals surface area (Å²) in [5.41, 5.74) is 7.54. The molecule has 0 aliphatic carbocycles. The molecule has 0 aromatic heterocycles. The van der Waals surface area contributed by atoms with Crippen LogP contribution in [0.25, 0.3) is 0 Å². The molecule has 0 aromatic rings. The summed E-state index contributed by atoms with van der Waals surface area (Å²) in [6, 6.07) is 0. The third-order valence-corrected chi connectivity index (χ3v) is 2.97. The molecule has 0 radical (unpaired) electrons. The van der Waals surface area contributed by atoms with Crippen molar-refractivity contribution in [1.29, 1.82) is 5.41 Å². The van der Waals surface area contributed by atoms with E-state index >= 15 is 0 Å². The van der Waals surface area contributed by atoms with Crippen molar-refractivity contribution in [2.75, 3.05) is 13.6 Å². The Labute approximate surface area is 123 Å². The van der Waals surface area contributed by atoms with Crippen molar-refractivity contribution < 1.29 is 5.11 Å². The predicted molar refractivity (Wildman–Crippen MR) is 84.9 cm³/mol. The molecule has 0 aliphatic heterocycles. The number of nitrogens with zero attached hydrogens (tertiary/aromatic N) is 1. The minimum atomic E-state index is -0.989. The Bertz CT molecular complexity index is 399. The van der Waals surface area contributed by atoms with Crippen LogP contribution in [-0.2, 0) is 0 Å². The second kappa shape index (κ2) is 8.87. The summed E-state index contributed by atoms with van der Waals surface area (Å²) in [6.07, 6.45) is 2.16. The van der Waals surface area contributed by atoms with Gasteiger partial charge in [0.05, 0.1) is 0 Å². The average Bonchev–Trinajstić information content (AvgIpc) is 2.35. The molecular weight excluding hydrogens is 308 g/mol. The van der Waals surface area contributed by atoms with Crippen molar-refractivity contribution >= 4 is 26.8 Å². The number of aliphatic hydroxyl groups is 1. The molecule has 5 nitrogen and oxygen atoms in total. The number of aliphatic hydroxyl groups excluding tert-OH is 1. The third kappa shape index (κ3) is 5.57. The molecule has 0 spiro atoms. The van der Waals surface area contributed by atoms with E-state index < -0.39 is 6.10 Å². The molecule has 1 unspecified atom stereocenters. The van der Waals surface area contributed by atoms with Crippen LogP contribution in [-0.4, -0.2) is 35.6 Å². The molecule has 0 saturated carbocycles. The Morgan fingerprint density at radius 3 is 2.47 bits per heavy atom. The van der Waals surface area contributed by atoms with Crippen molar-refractivity contribution in [2.24, 2.45) is 16.6 Å². The Morgan fingerprint density at radius 1 is 1.53 bits per heavy atom. The molecule has 0 aliphatic rings. The molecule has 0 heterocycles. The van der Waals surface area contributed by atoms with Crippen LogP contribution in [0.5, 0.6) is 0 Å². The maximum absolute atomic E-state index is 10.4. The van der Waals surface area contributed by atoms with Gasteiger partial charge in [-0.25, -0.2) is 0 Å². The van der Waals surface area contributed by atoms with Crippen LogP contribution >= 0.6 is 15.9 Å². The van der Waals surface area contributed by atoms with Gasteiger partial charge >= 0.3 is 0 Å². The largest absolute Gasteiger partial charge is 0.401 e. The van der Waals surface area contributed by atoms with Gasteiger partial charge in [0, 0.05) is 42.9 Å². The number of hydrogen-bond donors (Lipinski definition) is 4. The Hall–Kier alpha value is -1.14. The first-order valence-corrected chi connectivity index (χ1v) is 6.95. The van der Waals surface area contributed by atoms with Gasteiger partial charge in [0.2, 0.25) is 0 Å². The van der Waals surface area contributed by atoms with Crippen LogP contribution in [0.2, 0.25) is 0 Å². The van der Waals surface area contributed by atoms with E-state index in [0.717, 1.165) is 0 Å². The van der Waals surface area contributed by atoms with E-state index in [1.807, 2.05) is 20.8 Å². The highest BCUT2D eigenvalue weighted by molar-refractivity contribution is 9.18. The van der Waals surface area contributed by atoms with Crippen molar-refractivity contribution in [3.8, 4) is 0 Å². The van der Waals surface area contributed by atoms with Crippen molar-refractivity contribution in [2.45, 2.75) is 26.9 Å². The van der Waals surface area contributed by atoms with E-state index in [0.29, 0.717) is 23.4 Å². The summed E-state index contributed by atoms with van der Waals surface area (Å²) < 4.78 is 0.105. The summed E-state index contributed by atoms with van der Waals surface area (Å²) in [4.78, 5) is 4.14. The van der Waals surface area contributed by atoms with Crippen molar-refractivity contribution in [1.82, 2.24) is 5.32 Å². The highest BCUT2D eigenvalue weighted by atomic mass is 79.9. The Morgan fingerprint density at radius 2 is 2.11 bits per heavy atom. The highest BCUT2D eigenvalue weighted by Gasteiger charge is 2.21. The maximum Gasteiger partial charge on any atom is 0.111 e. The van der Waals surface area contributed by atoms with Crippen molar-refractivity contribution in [3.63, 3.8) is 0 Å². The first-order valence-electron chi connectivity index (χ1n) is 6.15. The number of rotatable bonds is 7. The van der Waals surface area contributed by atoms with Crippen LogP contribution in [0.1, 0.15) is 20.8 Å². The van der Waals surface area contributed by atoms with E-state index in [9.17, 15) is 5.11 Å². The number of nitrogens with one attached hydrogen (secondary N) is 2. The Kier molecular flexibility index (Phi) is 8.34. The minimum Gasteiger partial charge on any atom is -0.401 e. The van der Waals surface area contributed by atoms with E-state index in [-0.39, 0.29) is 10.5 Å². The number of aliphatic imine (C=N–C) groups is 1. The van der Waals surface area contributed by atoms with Gasteiger partial charge in [-0.15, -0.1) is 0 Å². The topological polar surface area (TPSA) is 94.5 Å². The van der Waals surface area contributed by atoms with E-state index in [1.165, 1.54) is 0 Å². The lowest BCUT2D eigenvalue weighted by Gasteiger charge is -2.19. The fourth-order valence-electron chi connectivity index (χ4n) is 1.41. The zero-order chi connectivity index (χ0) is 15.0. The van der Waals surface area contributed by atoms with E-state index in [2.05, 4.69) is 26.2 Å². The number of allylic oxidation sites excluding steroid dienone is 1. The molecule has 5 N–H and O–H groups in total. The normalized spacial score (nSPS) is 15.6. The van der Waals surface area contributed by atoms with Crippen LogP contribution < -0.4 is 11.1 Å². The van der Waals surface area contributed by atoms with Crippen LogP contribution in [0.3, 0.4) is 0 Å². The molecule has 0 amide bonds. The minimum absolute atomic E-state index is 0.0910. The van der Waals surface area contributed by atoms with Gasteiger partial charge in [0.1, 0.15) is 10.7 Å². The lowest BCUT2D eigenvalue weighted by Crippen LogP contribution is -2.25. The molecule has 6 heteroatoms. The Balaban J connectivity index is 5.62. The van der Waals surface area contributed by atoms with E-state index in [1.54, 1.807) is 19.5 Å². The smallest absolute Gasteiger partial charge is 0.111 e. The van der Waals surface area contributed by atoms with E-state index in [4.69, 9.17) is 11.1 Å². The molecule has 19 heavy (non-hydrogen) atoms. The summed E-state index contributed by atoms with van der Waals surface area (Å²) in [6.45, 7) is 6.41. The quantitative estimate of drug-likeness (QED) is 0.536. The summed E-state index contributed by atoms with van der Waals surface area (Å²) >= 11 is 3.07. The first-order chi connectivity index (χ1) is 8.86. The second-order valence-corrected chi connectivity index (χ2v) is 5.09. The lowest BCUT2D eigenvalue weighted by atomic mass is 9.97. The van der Waals surface area contributed by atoms with Gasteiger partial charge in [0.25, 0.3) is 0 Å². The third-order valence-electron chi connectivity index (χ3n) is 2.51. The number of nitrogens with two attached hydrogens (primary N) is 1. The number of halogens is 1. The average molecular weight is 331 g/mol. The lowest BCUT2D eigenvalue weighted by molar-refractivity contribution is 0.257. The summed E-state index contributed by atoms with van der Waals surface area (Å²) in [7, 11) is 1.71. The predicted octanol–water partition coefficient (Wildman–Crippen LogP) is 1.78. The standard InChI is InChI=1S/C13H23BrN4O/c1-5-18-7-9(11(15)8(2)3)12(19)10(6-17-4)13(14)16/h6-8,12,16-17,19H,5,15H2,1-4H3/b10-6-,11-9?,16-13?,18-7?. The van der Waals surface area contributed by atoms with Crippen LogP contribution in [0.4, 0.5) is 0 Å². The van der Waals surface area contributed by atoms with Gasteiger partial charge in [-0.05, 0) is 28.8 Å².